The van der Waals surface area contributed by atoms with Crippen LogP contribution >= 0.6 is 0 Å². The fraction of sp³-hybridized carbons (Fsp3) is 0.421. The van der Waals surface area contributed by atoms with Crippen molar-refractivity contribution in [2.24, 2.45) is 0 Å². The molecule has 0 amide bonds. The van der Waals surface area contributed by atoms with Crippen LogP contribution in [0, 0.1) is 5.95 Å². The second kappa shape index (κ2) is 6.78. The normalized spacial score (nSPS) is 17.2. The Kier molecular flexibility index (Phi) is 4.70. The fourth-order valence-corrected chi connectivity index (χ4v) is 3.41. The Hall–Kier alpha value is -2.50. The van der Waals surface area contributed by atoms with Gasteiger partial charge in [0, 0.05) is 0 Å². The van der Waals surface area contributed by atoms with E-state index < -0.39 is 17.5 Å². The van der Waals surface area contributed by atoms with Crippen LogP contribution in [0.4, 0.5) is 4.39 Å². The summed E-state index contributed by atoms with van der Waals surface area (Å²) >= 11 is 0. The van der Waals surface area contributed by atoms with Gasteiger partial charge in [0.05, 0.1) is 12.4 Å². The Bertz CT molecular complexity index is 779. The first-order valence-corrected chi connectivity index (χ1v) is 8.46. The molecule has 1 fully saturated rings. The van der Waals surface area contributed by atoms with Crippen LogP contribution in [0.3, 0.4) is 0 Å². The van der Waals surface area contributed by atoms with Crippen LogP contribution < -0.4 is 0 Å². The van der Waals surface area contributed by atoms with Gasteiger partial charge in [0.15, 0.2) is 17.1 Å². The van der Waals surface area contributed by atoms with Crippen LogP contribution in [-0.2, 0) is 9.53 Å². The van der Waals surface area contributed by atoms with Crippen LogP contribution in [0.25, 0.3) is 0 Å². The van der Waals surface area contributed by atoms with Crippen molar-refractivity contribution in [3.8, 4) is 0 Å². The Morgan fingerprint density at radius 2 is 1.88 bits per heavy atom. The first-order valence-electron chi connectivity index (χ1n) is 8.46. The van der Waals surface area contributed by atoms with Gasteiger partial charge in [0.1, 0.15) is 0 Å². The average Bonchev–Trinajstić information content (AvgIpc) is 3.22. The molecule has 0 N–H and O–H groups in total. The summed E-state index contributed by atoms with van der Waals surface area (Å²) in [6.45, 7) is 3.27. The second-order valence-electron chi connectivity index (χ2n) is 6.53. The number of rotatable bonds is 5. The van der Waals surface area contributed by atoms with E-state index in [1.54, 1.807) is 0 Å². The summed E-state index contributed by atoms with van der Waals surface area (Å²) in [5.74, 6) is -1.92. The van der Waals surface area contributed by atoms with Crippen molar-refractivity contribution < 1.29 is 18.7 Å². The third kappa shape index (κ3) is 3.21. The number of hydrogen-bond acceptors (Lipinski definition) is 4. The molecule has 0 saturated heterocycles. The number of imidazole rings is 1. The lowest BCUT2D eigenvalue weighted by Gasteiger charge is -2.26. The van der Waals surface area contributed by atoms with Crippen LogP contribution in [0.15, 0.2) is 36.7 Å². The molecule has 0 radical (unpaired) electrons. The molecule has 1 aliphatic rings. The fourth-order valence-electron chi connectivity index (χ4n) is 3.41. The Balaban J connectivity index is 1.91. The molecule has 0 bridgehead atoms. The minimum atomic E-state index is -1.13. The maximum atomic E-state index is 14.2. The van der Waals surface area contributed by atoms with Crippen molar-refractivity contribution in [2.75, 3.05) is 0 Å². The van der Waals surface area contributed by atoms with E-state index in [9.17, 15) is 14.0 Å². The van der Waals surface area contributed by atoms with Gasteiger partial charge in [-0.15, -0.1) is 0 Å². The quantitative estimate of drug-likeness (QED) is 0.776. The van der Waals surface area contributed by atoms with Gasteiger partial charge in [0.25, 0.3) is 0 Å². The van der Waals surface area contributed by atoms with Crippen LogP contribution in [0.5, 0.6) is 0 Å². The monoisotopic (exact) mass is 344 g/mol. The standard InChI is InChI=1S/C19H21FN2O3/c1-13(15-8-4-3-5-9-15)22-12-21-17(20)16(22)18(24)25-19(14(2)23)10-6-7-11-19/h3-5,8-9,12-13H,6-7,10-11H2,1-2H3/t13-/m1/s1. The van der Waals surface area contributed by atoms with Gasteiger partial charge in [-0.3, -0.25) is 4.79 Å². The summed E-state index contributed by atoms with van der Waals surface area (Å²) in [5.41, 5.74) is -0.464. The number of carbonyl (C=O) groups excluding carboxylic acids is 2. The number of hydrogen-bond donors (Lipinski definition) is 0. The van der Waals surface area contributed by atoms with Crippen LogP contribution in [-0.4, -0.2) is 26.9 Å². The average molecular weight is 344 g/mol. The Morgan fingerprint density at radius 3 is 2.48 bits per heavy atom. The molecule has 1 saturated carbocycles. The molecule has 2 aromatic rings. The highest BCUT2D eigenvalue weighted by Crippen LogP contribution is 2.35. The maximum Gasteiger partial charge on any atom is 0.360 e. The molecule has 1 aromatic carbocycles. The zero-order valence-corrected chi connectivity index (χ0v) is 14.4. The summed E-state index contributed by atoms with van der Waals surface area (Å²) in [7, 11) is 0. The number of benzene rings is 1. The second-order valence-corrected chi connectivity index (χ2v) is 6.53. The molecule has 3 rings (SSSR count). The zero-order chi connectivity index (χ0) is 18.0. The minimum absolute atomic E-state index is 0.194. The molecule has 1 aliphatic carbocycles. The topological polar surface area (TPSA) is 61.2 Å². The number of carbonyl (C=O) groups is 2. The van der Waals surface area contributed by atoms with Crippen molar-refractivity contribution in [3.63, 3.8) is 0 Å². The highest BCUT2D eigenvalue weighted by molar-refractivity contribution is 5.93. The molecule has 1 aromatic heterocycles. The van der Waals surface area contributed by atoms with Crippen LogP contribution in [0.1, 0.15) is 61.6 Å². The van der Waals surface area contributed by atoms with E-state index in [0.717, 1.165) is 18.4 Å². The highest BCUT2D eigenvalue weighted by Gasteiger charge is 2.43. The van der Waals surface area contributed by atoms with E-state index in [-0.39, 0.29) is 17.5 Å². The third-order valence-corrected chi connectivity index (χ3v) is 4.98. The molecule has 132 valence electrons. The Morgan fingerprint density at radius 1 is 1.24 bits per heavy atom. The summed E-state index contributed by atoms with van der Waals surface area (Å²) in [5, 5.41) is 0. The number of Topliss-reactive ketones (excluding diaryl/α,β-unsaturated/α-hetero) is 1. The van der Waals surface area contributed by atoms with Crippen molar-refractivity contribution in [2.45, 2.75) is 51.2 Å². The molecule has 0 aliphatic heterocycles. The summed E-state index contributed by atoms with van der Waals surface area (Å²) in [6, 6.07) is 9.13. The van der Waals surface area contributed by atoms with Gasteiger partial charge in [0.2, 0.25) is 5.95 Å². The third-order valence-electron chi connectivity index (χ3n) is 4.98. The number of ketones is 1. The zero-order valence-electron chi connectivity index (χ0n) is 14.4. The lowest BCUT2D eigenvalue weighted by Crippen LogP contribution is -2.40. The van der Waals surface area contributed by atoms with E-state index >= 15 is 0 Å². The highest BCUT2D eigenvalue weighted by atomic mass is 19.1. The van der Waals surface area contributed by atoms with E-state index in [2.05, 4.69) is 4.98 Å². The first kappa shape index (κ1) is 17.3. The molecular weight excluding hydrogens is 323 g/mol. The molecular formula is C19H21FN2O3. The number of esters is 1. The van der Waals surface area contributed by atoms with Crippen molar-refractivity contribution in [1.82, 2.24) is 9.55 Å². The minimum Gasteiger partial charge on any atom is -0.446 e. The van der Waals surface area contributed by atoms with Crippen molar-refractivity contribution in [1.29, 1.82) is 0 Å². The lowest BCUT2D eigenvalue weighted by molar-refractivity contribution is -0.135. The van der Waals surface area contributed by atoms with Crippen molar-refractivity contribution >= 4 is 11.8 Å². The number of nitrogens with zero attached hydrogens (tertiary/aromatic N) is 2. The lowest BCUT2D eigenvalue weighted by atomic mass is 9.97. The molecule has 5 nitrogen and oxygen atoms in total. The van der Waals surface area contributed by atoms with Gasteiger partial charge in [-0.1, -0.05) is 30.3 Å². The molecule has 0 spiro atoms. The van der Waals surface area contributed by atoms with Gasteiger partial charge in [-0.25, -0.2) is 9.78 Å². The van der Waals surface area contributed by atoms with E-state index in [4.69, 9.17) is 4.74 Å². The predicted octanol–water partition coefficient (Wildman–Crippen LogP) is 3.69. The van der Waals surface area contributed by atoms with E-state index in [0.29, 0.717) is 12.8 Å². The SMILES string of the molecule is CC(=O)C1(OC(=O)c2c(F)ncn2[C@H](C)c2ccccc2)CCCC1. The molecule has 25 heavy (non-hydrogen) atoms. The van der Waals surface area contributed by atoms with Gasteiger partial charge in [-0.2, -0.15) is 4.39 Å². The van der Waals surface area contributed by atoms with Crippen molar-refractivity contribution in [3.05, 3.63) is 53.9 Å². The molecule has 1 heterocycles. The number of ether oxygens (including phenoxy) is 1. The number of halogens is 1. The largest absolute Gasteiger partial charge is 0.446 e. The molecule has 0 unspecified atom stereocenters. The van der Waals surface area contributed by atoms with Crippen LogP contribution in [0.2, 0.25) is 0 Å². The van der Waals surface area contributed by atoms with E-state index in [1.165, 1.54) is 17.8 Å². The predicted molar refractivity (Wildman–Crippen MR) is 89.7 cm³/mol. The van der Waals surface area contributed by atoms with Gasteiger partial charge < -0.3 is 9.30 Å². The molecule has 6 heteroatoms. The van der Waals surface area contributed by atoms with Gasteiger partial charge in [-0.05, 0) is 45.1 Å². The number of aromatic nitrogens is 2. The maximum absolute atomic E-state index is 14.2. The summed E-state index contributed by atoms with van der Waals surface area (Å²) in [4.78, 5) is 28.3. The summed E-state index contributed by atoms with van der Waals surface area (Å²) < 4.78 is 21.2. The first-order chi connectivity index (χ1) is 11.9. The summed E-state index contributed by atoms with van der Waals surface area (Å²) in [6.07, 6.45) is 3.89. The smallest absolute Gasteiger partial charge is 0.360 e. The van der Waals surface area contributed by atoms with Gasteiger partial charge >= 0.3 is 5.97 Å². The Labute approximate surface area is 145 Å². The van der Waals surface area contributed by atoms with E-state index in [1.807, 2.05) is 37.3 Å². The molecule has 1 atom stereocenters.